The van der Waals surface area contributed by atoms with Crippen molar-refractivity contribution >= 4 is 23.3 Å². The molecule has 0 saturated carbocycles. The van der Waals surface area contributed by atoms with Gasteiger partial charge in [0.05, 0.1) is 13.2 Å². The summed E-state index contributed by atoms with van der Waals surface area (Å²) in [4.78, 5) is 24.8. The van der Waals surface area contributed by atoms with E-state index in [0.717, 1.165) is 22.5 Å². The van der Waals surface area contributed by atoms with Gasteiger partial charge in [0.1, 0.15) is 0 Å². The largest absolute Gasteiger partial charge is 0.462 e. The van der Waals surface area contributed by atoms with Crippen molar-refractivity contribution in [1.82, 2.24) is 0 Å². The number of carbonyl (C=O) groups is 2. The highest BCUT2D eigenvalue weighted by atomic mass is 16.5. The van der Waals surface area contributed by atoms with E-state index in [1.54, 1.807) is 0 Å². The summed E-state index contributed by atoms with van der Waals surface area (Å²) < 4.78 is 10.2. The third kappa shape index (κ3) is 8.00. The summed E-state index contributed by atoms with van der Waals surface area (Å²) in [5, 5.41) is 0. The lowest BCUT2D eigenvalue weighted by Crippen LogP contribution is -2.16. The Kier molecular flexibility index (Phi) is 9.43. The Hall–Kier alpha value is -4.12. The molecule has 0 unspecified atom stereocenters. The molecular weight excluding hydrogens is 438 g/mol. The maximum atomic E-state index is 11.3. The average Bonchev–Trinajstić information content (AvgIpc) is 2.89. The molecule has 0 radical (unpaired) electrons. The number of hydrogen-bond acceptors (Lipinski definition) is 5. The van der Waals surface area contributed by atoms with Crippen molar-refractivity contribution in [2.45, 2.75) is 26.3 Å². The number of esters is 2. The number of anilines is 2. The number of benzene rings is 3. The van der Waals surface area contributed by atoms with Gasteiger partial charge in [-0.1, -0.05) is 67.3 Å². The first-order valence-electron chi connectivity index (χ1n) is 11.6. The smallest absolute Gasteiger partial charge is 0.330 e. The second-order valence-electron chi connectivity index (χ2n) is 8.15. The van der Waals surface area contributed by atoms with Crippen LogP contribution < -0.4 is 4.90 Å². The molecular formula is C30H31NO4. The van der Waals surface area contributed by atoms with Gasteiger partial charge in [-0.2, -0.15) is 0 Å². The van der Waals surface area contributed by atoms with E-state index in [2.05, 4.69) is 97.8 Å². The van der Waals surface area contributed by atoms with E-state index in [1.807, 2.05) is 0 Å². The fourth-order valence-electron chi connectivity index (χ4n) is 3.55. The highest BCUT2D eigenvalue weighted by Crippen LogP contribution is 2.28. The zero-order valence-corrected chi connectivity index (χ0v) is 20.1. The van der Waals surface area contributed by atoms with Gasteiger partial charge >= 0.3 is 11.9 Å². The Bertz CT molecular complexity index is 1060. The Morgan fingerprint density at radius 2 is 1.09 bits per heavy atom. The highest BCUT2D eigenvalue weighted by Gasteiger charge is 2.11. The zero-order chi connectivity index (χ0) is 25.0. The number of nitrogens with zero attached hydrogens (tertiary/aromatic N) is 1. The SMILES string of the molecule is C=CC(=O)OCCc1ccc(N(Cc2ccc(C)cc2)c2ccc(CCOC(=O)C=C)cc2)cc1. The van der Waals surface area contributed by atoms with Gasteiger partial charge in [0.15, 0.2) is 0 Å². The van der Waals surface area contributed by atoms with E-state index in [-0.39, 0.29) is 0 Å². The molecule has 0 N–H and O–H groups in total. The van der Waals surface area contributed by atoms with Crippen molar-refractivity contribution in [2.24, 2.45) is 0 Å². The molecule has 0 aliphatic heterocycles. The van der Waals surface area contributed by atoms with Gasteiger partial charge in [-0.25, -0.2) is 9.59 Å². The van der Waals surface area contributed by atoms with Crippen LogP contribution in [0.5, 0.6) is 0 Å². The summed E-state index contributed by atoms with van der Waals surface area (Å²) in [6, 6.07) is 25.1. The Morgan fingerprint density at radius 3 is 1.49 bits per heavy atom. The molecule has 0 fully saturated rings. The van der Waals surface area contributed by atoms with Crippen molar-refractivity contribution in [2.75, 3.05) is 18.1 Å². The normalized spacial score (nSPS) is 10.3. The third-order valence-electron chi connectivity index (χ3n) is 5.56. The van der Waals surface area contributed by atoms with E-state index in [0.29, 0.717) is 32.6 Å². The van der Waals surface area contributed by atoms with Crippen LogP contribution in [0.25, 0.3) is 0 Å². The first-order valence-corrected chi connectivity index (χ1v) is 11.6. The molecule has 0 spiro atoms. The van der Waals surface area contributed by atoms with Crippen LogP contribution in [0.4, 0.5) is 11.4 Å². The molecule has 0 atom stereocenters. The van der Waals surface area contributed by atoms with Crippen molar-refractivity contribution < 1.29 is 19.1 Å². The van der Waals surface area contributed by atoms with E-state index >= 15 is 0 Å². The molecule has 0 amide bonds. The molecule has 0 saturated heterocycles. The molecule has 3 aromatic rings. The number of carbonyl (C=O) groups excluding carboxylic acids is 2. The monoisotopic (exact) mass is 469 g/mol. The molecule has 3 aromatic carbocycles. The number of ether oxygens (including phenoxy) is 2. The Balaban J connectivity index is 1.75. The number of aryl methyl sites for hydroxylation is 1. The molecule has 0 aliphatic carbocycles. The topological polar surface area (TPSA) is 55.8 Å². The van der Waals surface area contributed by atoms with Gasteiger partial charge in [0.25, 0.3) is 0 Å². The molecule has 0 bridgehead atoms. The predicted molar refractivity (Wildman–Crippen MR) is 140 cm³/mol. The molecule has 3 rings (SSSR count). The predicted octanol–water partition coefficient (Wildman–Crippen LogP) is 5.88. The van der Waals surface area contributed by atoms with Crippen LogP contribution >= 0.6 is 0 Å². The van der Waals surface area contributed by atoms with Gasteiger partial charge in [-0.3, -0.25) is 0 Å². The van der Waals surface area contributed by atoms with E-state index < -0.39 is 11.9 Å². The minimum atomic E-state index is -0.409. The van der Waals surface area contributed by atoms with Crippen LogP contribution in [0.15, 0.2) is 98.1 Å². The quantitative estimate of drug-likeness (QED) is 0.245. The second kappa shape index (κ2) is 12.9. The van der Waals surface area contributed by atoms with Gasteiger partial charge in [0.2, 0.25) is 0 Å². The third-order valence-corrected chi connectivity index (χ3v) is 5.56. The van der Waals surface area contributed by atoms with Gasteiger partial charge < -0.3 is 14.4 Å². The fraction of sp³-hybridized carbons (Fsp3) is 0.200. The van der Waals surface area contributed by atoms with Crippen molar-refractivity contribution in [3.8, 4) is 0 Å². The summed E-state index contributed by atoms with van der Waals surface area (Å²) in [5.41, 5.74) is 6.73. The molecule has 180 valence electrons. The van der Waals surface area contributed by atoms with Crippen LogP contribution in [0.1, 0.15) is 22.3 Å². The molecule has 0 aromatic heterocycles. The molecule has 5 nitrogen and oxygen atoms in total. The maximum absolute atomic E-state index is 11.3. The highest BCUT2D eigenvalue weighted by molar-refractivity contribution is 5.81. The van der Waals surface area contributed by atoms with Crippen LogP contribution in [-0.4, -0.2) is 25.2 Å². The first kappa shape index (κ1) is 25.5. The van der Waals surface area contributed by atoms with Crippen LogP contribution in [0.2, 0.25) is 0 Å². The standard InChI is InChI=1S/C30H31NO4/c1-4-29(32)34-20-18-24-10-14-27(15-11-24)31(22-26-8-6-23(3)7-9-26)28-16-12-25(13-17-28)19-21-35-30(33)5-2/h4-17H,1-2,18-22H2,3H3. The molecule has 5 heteroatoms. The first-order chi connectivity index (χ1) is 17.0. The number of rotatable bonds is 12. The lowest BCUT2D eigenvalue weighted by atomic mass is 10.1. The van der Waals surface area contributed by atoms with Gasteiger partial charge in [-0.15, -0.1) is 0 Å². The van der Waals surface area contributed by atoms with E-state index in [1.165, 1.54) is 23.3 Å². The lowest BCUT2D eigenvalue weighted by Gasteiger charge is -2.26. The van der Waals surface area contributed by atoms with Crippen LogP contribution in [0.3, 0.4) is 0 Å². The van der Waals surface area contributed by atoms with Gasteiger partial charge in [-0.05, 0) is 47.9 Å². The van der Waals surface area contributed by atoms with E-state index in [9.17, 15) is 9.59 Å². The summed E-state index contributed by atoms with van der Waals surface area (Å²) in [6.45, 7) is 10.3. The Labute approximate surface area is 207 Å². The molecule has 0 heterocycles. The van der Waals surface area contributed by atoms with Crippen LogP contribution in [-0.2, 0) is 38.4 Å². The summed E-state index contributed by atoms with van der Waals surface area (Å²) >= 11 is 0. The molecule has 35 heavy (non-hydrogen) atoms. The second-order valence-corrected chi connectivity index (χ2v) is 8.15. The van der Waals surface area contributed by atoms with Crippen molar-refractivity contribution in [3.63, 3.8) is 0 Å². The fourth-order valence-corrected chi connectivity index (χ4v) is 3.55. The van der Waals surface area contributed by atoms with Crippen molar-refractivity contribution in [3.05, 3.63) is 120 Å². The lowest BCUT2D eigenvalue weighted by molar-refractivity contribution is -0.138. The summed E-state index contributed by atoms with van der Waals surface area (Å²) in [5.74, 6) is -0.818. The van der Waals surface area contributed by atoms with Crippen LogP contribution in [0, 0.1) is 6.92 Å². The summed E-state index contributed by atoms with van der Waals surface area (Å²) in [6.07, 6.45) is 3.63. The van der Waals surface area contributed by atoms with E-state index in [4.69, 9.17) is 9.47 Å². The molecule has 0 aliphatic rings. The Morgan fingerprint density at radius 1 is 0.686 bits per heavy atom. The minimum absolute atomic E-state index is 0.320. The zero-order valence-electron chi connectivity index (χ0n) is 20.1. The van der Waals surface area contributed by atoms with Crippen molar-refractivity contribution in [1.29, 1.82) is 0 Å². The average molecular weight is 470 g/mol. The number of hydrogen-bond donors (Lipinski definition) is 0. The summed E-state index contributed by atoms with van der Waals surface area (Å²) in [7, 11) is 0. The maximum Gasteiger partial charge on any atom is 0.330 e. The minimum Gasteiger partial charge on any atom is -0.462 e. The van der Waals surface area contributed by atoms with Gasteiger partial charge in [0, 0.05) is 42.9 Å².